The van der Waals surface area contributed by atoms with Crippen LogP contribution in [0, 0.1) is 17.2 Å². The summed E-state index contributed by atoms with van der Waals surface area (Å²) in [5, 5.41) is 25.2. The number of carbonyl (C=O) groups is 1. The molecule has 84 valence electrons. The molecule has 0 saturated heterocycles. The lowest BCUT2D eigenvalue weighted by atomic mass is 10.0. The summed E-state index contributed by atoms with van der Waals surface area (Å²) in [6.07, 6.45) is 0.200. The molecule has 0 aliphatic heterocycles. The quantitative estimate of drug-likeness (QED) is 0.723. The summed E-state index contributed by atoms with van der Waals surface area (Å²) >= 11 is 0. The van der Waals surface area contributed by atoms with Crippen molar-refractivity contribution in [1.29, 1.82) is 5.26 Å². The third-order valence-electron chi connectivity index (χ3n) is 1.59. The molecule has 5 heteroatoms. The molecule has 0 aliphatic carbocycles. The van der Waals surface area contributed by atoms with Crippen LogP contribution in [0.2, 0.25) is 0 Å². The number of hydrogen-bond donors (Lipinski definition) is 1. The third-order valence-corrected chi connectivity index (χ3v) is 1.59. The lowest BCUT2D eigenvalue weighted by Gasteiger charge is -2.12. The first-order valence-corrected chi connectivity index (χ1v) is 4.80. The molecule has 0 amide bonds. The highest BCUT2D eigenvalue weighted by molar-refractivity contribution is 5.72. The van der Waals surface area contributed by atoms with E-state index < -0.39 is 11.9 Å². The van der Waals surface area contributed by atoms with Gasteiger partial charge in [-0.15, -0.1) is 0 Å². The van der Waals surface area contributed by atoms with Crippen molar-refractivity contribution >= 4 is 5.97 Å². The first-order chi connectivity index (χ1) is 6.76. The number of carboxylic acids is 1. The smallest absolute Gasteiger partial charge is 0.320 e. The fourth-order valence-electron chi connectivity index (χ4n) is 0.869. The van der Waals surface area contributed by atoms with Gasteiger partial charge in [0.25, 0.3) is 0 Å². The standard InChI is InChI=1S/C10H17N3O2/c1-7(12-13-10(2,3)4)5-8(6-11)9(14)15/h7-8H,5H2,1-4H3,(H,14,15)/b13-12+. The Bertz CT molecular complexity index is 286. The van der Waals surface area contributed by atoms with E-state index in [2.05, 4.69) is 10.2 Å². The van der Waals surface area contributed by atoms with Crippen LogP contribution in [0.1, 0.15) is 34.1 Å². The Morgan fingerprint density at radius 2 is 2.07 bits per heavy atom. The van der Waals surface area contributed by atoms with Crippen LogP contribution in [0.5, 0.6) is 0 Å². The summed E-state index contributed by atoms with van der Waals surface area (Å²) in [5.74, 6) is -2.10. The van der Waals surface area contributed by atoms with E-state index in [4.69, 9.17) is 10.4 Å². The number of nitrogens with zero attached hydrogens (tertiary/aromatic N) is 3. The van der Waals surface area contributed by atoms with Crippen molar-refractivity contribution < 1.29 is 9.90 Å². The molecule has 0 spiro atoms. The number of rotatable bonds is 4. The molecule has 0 aromatic rings. The van der Waals surface area contributed by atoms with Gasteiger partial charge < -0.3 is 5.11 Å². The molecule has 0 radical (unpaired) electrons. The molecule has 0 bridgehead atoms. The minimum absolute atomic E-state index is 0.200. The first-order valence-electron chi connectivity index (χ1n) is 4.80. The van der Waals surface area contributed by atoms with Crippen LogP contribution in [0.3, 0.4) is 0 Å². The highest BCUT2D eigenvalue weighted by Gasteiger charge is 2.20. The maximum absolute atomic E-state index is 10.6. The van der Waals surface area contributed by atoms with E-state index in [-0.39, 0.29) is 18.0 Å². The summed E-state index contributed by atoms with van der Waals surface area (Å²) in [6, 6.07) is 1.48. The van der Waals surface area contributed by atoms with Crippen LogP contribution in [0.15, 0.2) is 10.2 Å². The largest absolute Gasteiger partial charge is 0.480 e. The lowest BCUT2D eigenvalue weighted by molar-refractivity contribution is -0.140. The minimum Gasteiger partial charge on any atom is -0.480 e. The van der Waals surface area contributed by atoms with Gasteiger partial charge in [0.2, 0.25) is 0 Å². The molecule has 0 rings (SSSR count). The monoisotopic (exact) mass is 211 g/mol. The summed E-state index contributed by atoms with van der Waals surface area (Å²) in [6.45, 7) is 7.47. The number of azo groups is 1. The van der Waals surface area contributed by atoms with E-state index in [9.17, 15) is 4.79 Å². The number of aliphatic carboxylic acids is 1. The molecule has 0 saturated carbocycles. The van der Waals surface area contributed by atoms with Gasteiger partial charge in [0.15, 0.2) is 0 Å². The van der Waals surface area contributed by atoms with Gasteiger partial charge in [0.05, 0.1) is 17.6 Å². The molecular weight excluding hydrogens is 194 g/mol. The van der Waals surface area contributed by atoms with E-state index in [1.54, 1.807) is 13.0 Å². The first kappa shape index (κ1) is 13.6. The van der Waals surface area contributed by atoms with Crippen molar-refractivity contribution in [2.24, 2.45) is 16.1 Å². The van der Waals surface area contributed by atoms with Crippen LogP contribution in [-0.2, 0) is 4.79 Å². The van der Waals surface area contributed by atoms with E-state index in [1.807, 2.05) is 20.8 Å². The average molecular weight is 211 g/mol. The van der Waals surface area contributed by atoms with Crippen LogP contribution in [0.25, 0.3) is 0 Å². The Labute approximate surface area is 89.8 Å². The molecule has 15 heavy (non-hydrogen) atoms. The molecule has 0 heterocycles. The second-order valence-corrected chi connectivity index (χ2v) is 4.49. The fourth-order valence-corrected chi connectivity index (χ4v) is 0.869. The van der Waals surface area contributed by atoms with Crippen LogP contribution in [-0.4, -0.2) is 22.7 Å². The zero-order valence-electron chi connectivity index (χ0n) is 9.56. The lowest BCUT2D eigenvalue weighted by Crippen LogP contribution is -2.17. The number of hydrogen-bond acceptors (Lipinski definition) is 4. The van der Waals surface area contributed by atoms with Gasteiger partial charge in [-0.25, -0.2) is 0 Å². The zero-order valence-corrected chi connectivity index (χ0v) is 9.56. The highest BCUT2D eigenvalue weighted by Crippen LogP contribution is 2.13. The Kier molecular flexibility index (Phi) is 4.92. The van der Waals surface area contributed by atoms with Crippen molar-refractivity contribution in [3.8, 4) is 6.07 Å². The van der Waals surface area contributed by atoms with Gasteiger partial charge in [-0.2, -0.15) is 15.5 Å². The Morgan fingerprint density at radius 3 is 2.40 bits per heavy atom. The summed E-state index contributed by atoms with van der Waals surface area (Å²) in [7, 11) is 0. The maximum atomic E-state index is 10.6. The molecule has 0 aliphatic rings. The zero-order chi connectivity index (χ0) is 12.1. The Balaban J connectivity index is 4.26. The Morgan fingerprint density at radius 1 is 1.53 bits per heavy atom. The second kappa shape index (κ2) is 5.44. The van der Waals surface area contributed by atoms with E-state index in [1.165, 1.54) is 0 Å². The normalized spacial score (nSPS) is 15.9. The second-order valence-electron chi connectivity index (χ2n) is 4.49. The van der Waals surface area contributed by atoms with Gasteiger partial charge in [0, 0.05) is 0 Å². The molecule has 2 unspecified atom stereocenters. The van der Waals surface area contributed by atoms with Gasteiger partial charge in [-0.1, -0.05) is 0 Å². The van der Waals surface area contributed by atoms with Gasteiger partial charge >= 0.3 is 5.97 Å². The fraction of sp³-hybridized carbons (Fsp3) is 0.800. The van der Waals surface area contributed by atoms with E-state index >= 15 is 0 Å². The van der Waals surface area contributed by atoms with Gasteiger partial charge in [-0.3, -0.25) is 4.79 Å². The highest BCUT2D eigenvalue weighted by atomic mass is 16.4. The summed E-state index contributed by atoms with van der Waals surface area (Å²) < 4.78 is 0. The van der Waals surface area contributed by atoms with E-state index in [0.717, 1.165) is 0 Å². The van der Waals surface area contributed by atoms with Crippen molar-refractivity contribution in [3.05, 3.63) is 0 Å². The average Bonchev–Trinajstić information content (AvgIpc) is 2.09. The Hall–Kier alpha value is -1.44. The molecule has 5 nitrogen and oxygen atoms in total. The van der Waals surface area contributed by atoms with Crippen LogP contribution >= 0.6 is 0 Å². The van der Waals surface area contributed by atoms with Crippen molar-refractivity contribution in [2.45, 2.75) is 45.7 Å². The predicted octanol–water partition coefficient (Wildman–Crippen LogP) is 2.24. The molecule has 0 aromatic carbocycles. The molecule has 0 fully saturated rings. The number of carboxylic acid groups (broad SMARTS) is 1. The van der Waals surface area contributed by atoms with Gasteiger partial charge in [0.1, 0.15) is 5.92 Å². The van der Waals surface area contributed by atoms with Crippen LogP contribution < -0.4 is 0 Å². The predicted molar refractivity (Wildman–Crippen MR) is 55.4 cm³/mol. The van der Waals surface area contributed by atoms with Crippen molar-refractivity contribution in [2.75, 3.05) is 0 Å². The molecule has 0 aromatic heterocycles. The SMILES string of the molecule is CC(CC(C#N)C(=O)O)/N=N/C(C)(C)C. The molecular formula is C10H17N3O2. The summed E-state index contributed by atoms with van der Waals surface area (Å²) in [4.78, 5) is 10.6. The maximum Gasteiger partial charge on any atom is 0.320 e. The minimum atomic E-state index is -1.10. The van der Waals surface area contributed by atoms with Crippen molar-refractivity contribution in [1.82, 2.24) is 0 Å². The molecule has 2 atom stereocenters. The summed E-state index contributed by atoms with van der Waals surface area (Å²) in [5.41, 5.74) is -0.264. The van der Waals surface area contributed by atoms with E-state index in [0.29, 0.717) is 0 Å². The third kappa shape index (κ3) is 6.61. The van der Waals surface area contributed by atoms with Crippen LogP contribution in [0.4, 0.5) is 0 Å². The molecule has 1 N–H and O–H groups in total. The topological polar surface area (TPSA) is 85.8 Å². The van der Waals surface area contributed by atoms with Crippen molar-refractivity contribution in [3.63, 3.8) is 0 Å². The number of nitriles is 1. The van der Waals surface area contributed by atoms with Gasteiger partial charge in [-0.05, 0) is 34.1 Å².